The first-order chi connectivity index (χ1) is 24.6. The lowest BCUT2D eigenvalue weighted by atomic mass is 10.0. The molecule has 0 aromatic heterocycles. The Hall–Kier alpha value is -2.81. The van der Waals surface area contributed by atoms with Crippen LogP contribution in [0, 0.1) is 0 Å². The molecule has 14 nitrogen and oxygen atoms in total. The third kappa shape index (κ3) is 28.5. The first kappa shape index (κ1) is 46.2. The van der Waals surface area contributed by atoms with E-state index < -0.39 is 17.9 Å². The first-order valence-corrected chi connectivity index (χ1v) is 19.7. The van der Waals surface area contributed by atoms with Crippen LogP contribution in [0.3, 0.4) is 0 Å². The van der Waals surface area contributed by atoms with Crippen molar-refractivity contribution in [1.29, 1.82) is 0 Å². The summed E-state index contributed by atoms with van der Waals surface area (Å²) in [6.07, 6.45) is 19.9. The molecule has 0 spiro atoms. The predicted octanol–water partition coefficient (Wildman–Crippen LogP) is 3.35. The average molecular weight is 727 g/mol. The number of rotatable bonds is 28. The molecule has 0 radical (unpaired) electrons. The molecule has 0 saturated carbocycles. The zero-order chi connectivity index (χ0) is 37.5. The summed E-state index contributed by atoms with van der Waals surface area (Å²) in [5, 5.41) is 33.8. The highest BCUT2D eigenvalue weighted by atomic mass is 16.4. The lowest BCUT2D eigenvalue weighted by Gasteiger charge is -2.33. The van der Waals surface area contributed by atoms with E-state index >= 15 is 0 Å². The van der Waals surface area contributed by atoms with E-state index in [2.05, 4.69) is 17.6 Å². The Morgan fingerprint density at radius 2 is 0.725 bits per heavy atom. The van der Waals surface area contributed by atoms with Crippen LogP contribution in [0.25, 0.3) is 0 Å². The molecule has 5 N–H and O–H groups in total. The van der Waals surface area contributed by atoms with Crippen molar-refractivity contribution in [2.24, 2.45) is 0 Å². The van der Waals surface area contributed by atoms with E-state index in [0.29, 0.717) is 78.4 Å². The minimum absolute atomic E-state index is 0.00110. The molecular weight excluding hydrogens is 656 g/mol. The lowest BCUT2D eigenvalue weighted by Crippen LogP contribution is -2.48. The average Bonchev–Trinajstić information content (AvgIpc) is 3.07. The van der Waals surface area contributed by atoms with Gasteiger partial charge in [0, 0.05) is 84.8 Å². The second kappa shape index (κ2) is 30.8. The van der Waals surface area contributed by atoms with Crippen LogP contribution in [0.1, 0.15) is 116 Å². The highest BCUT2D eigenvalue weighted by Gasteiger charge is 2.20. The van der Waals surface area contributed by atoms with Gasteiger partial charge in [0.1, 0.15) is 0 Å². The molecule has 1 heterocycles. The molecule has 1 aliphatic rings. The number of aliphatic carboxylic acids is 3. The lowest BCUT2D eigenvalue weighted by molar-refractivity contribution is -0.140. The number of nitrogens with zero attached hydrogens (tertiary/aromatic N) is 4. The summed E-state index contributed by atoms with van der Waals surface area (Å²) in [5.74, 6) is -3.12. The number of hydrogen-bond donors (Lipinski definition) is 5. The summed E-state index contributed by atoms with van der Waals surface area (Å²) in [4.78, 5) is 66.4. The summed E-state index contributed by atoms with van der Waals surface area (Å²) in [6, 6.07) is 0. The van der Waals surface area contributed by atoms with E-state index in [1.54, 1.807) is 14.7 Å². The molecule has 51 heavy (non-hydrogen) atoms. The normalized spacial score (nSPS) is 15.9. The number of carbonyl (C=O) groups is 5. The smallest absolute Gasteiger partial charge is 0.317 e. The third-order valence-corrected chi connectivity index (χ3v) is 9.44. The third-order valence-electron chi connectivity index (χ3n) is 9.44. The van der Waals surface area contributed by atoms with Gasteiger partial charge in [0.15, 0.2) is 0 Å². The largest absolute Gasteiger partial charge is 0.480 e. The molecule has 14 heteroatoms. The van der Waals surface area contributed by atoms with Gasteiger partial charge in [-0.25, -0.2) is 0 Å². The Bertz CT molecular complexity index is 939. The second-order valence-electron chi connectivity index (χ2n) is 14.0. The Balaban J connectivity index is 2.29. The molecule has 0 aliphatic carbocycles. The van der Waals surface area contributed by atoms with E-state index in [9.17, 15) is 39.3 Å². The molecule has 0 bridgehead atoms. The summed E-state index contributed by atoms with van der Waals surface area (Å²) in [5.41, 5.74) is 0. The highest BCUT2D eigenvalue weighted by Crippen LogP contribution is 2.13. The molecule has 296 valence electrons. The van der Waals surface area contributed by atoms with Crippen LogP contribution in [0.15, 0.2) is 0 Å². The topological polar surface area (TPSA) is 183 Å². The van der Waals surface area contributed by atoms with Crippen molar-refractivity contribution in [2.45, 2.75) is 116 Å². The van der Waals surface area contributed by atoms with E-state index in [4.69, 9.17) is 0 Å². The molecule has 1 aliphatic heterocycles. The van der Waals surface area contributed by atoms with E-state index in [1.807, 2.05) is 4.90 Å². The van der Waals surface area contributed by atoms with Crippen LogP contribution < -0.4 is 10.6 Å². The van der Waals surface area contributed by atoms with Gasteiger partial charge in [-0.1, -0.05) is 96.8 Å². The van der Waals surface area contributed by atoms with Crippen LogP contribution in [-0.2, 0) is 24.0 Å². The molecule has 0 atom stereocenters. The Morgan fingerprint density at radius 3 is 1.06 bits per heavy atom. The fraction of sp³-hybridized carbons (Fsp3) is 0.865. The van der Waals surface area contributed by atoms with Gasteiger partial charge in [-0.05, 0) is 6.42 Å². The van der Waals surface area contributed by atoms with Crippen molar-refractivity contribution in [3.63, 3.8) is 0 Å². The molecule has 1 saturated heterocycles. The van der Waals surface area contributed by atoms with Crippen molar-refractivity contribution in [2.75, 3.05) is 91.6 Å². The maximum atomic E-state index is 12.6. The fourth-order valence-corrected chi connectivity index (χ4v) is 6.35. The molecular formula is C37H70N6O8. The van der Waals surface area contributed by atoms with Gasteiger partial charge >= 0.3 is 17.9 Å². The van der Waals surface area contributed by atoms with Gasteiger partial charge in [0.25, 0.3) is 0 Å². The van der Waals surface area contributed by atoms with Gasteiger partial charge in [-0.15, -0.1) is 0 Å². The minimum Gasteiger partial charge on any atom is -0.480 e. The van der Waals surface area contributed by atoms with Crippen molar-refractivity contribution in [1.82, 2.24) is 30.2 Å². The SMILES string of the molecule is CCCCCCCCCCCCCCCCCC(=O)NCCNC(=O)CCN1CCN(CC(=O)O)CCN(CC(=O)O)CCN(CC(=O)O)CC1. The van der Waals surface area contributed by atoms with Crippen LogP contribution in [0.4, 0.5) is 0 Å². The summed E-state index contributed by atoms with van der Waals surface area (Å²) in [6.45, 7) is 5.85. The van der Waals surface area contributed by atoms with Crippen LogP contribution >= 0.6 is 0 Å². The highest BCUT2D eigenvalue weighted by molar-refractivity contribution is 5.77. The number of carbonyl (C=O) groups excluding carboxylic acids is 2. The Labute approximate surface area is 306 Å². The minimum atomic E-state index is -1.00. The number of nitrogens with one attached hydrogen (secondary N) is 2. The van der Waals surface area contributed by atoms with Crippen molar-refractivity contribution < 1.29 is 39.3 Å². The second-order valence-corrected chi connectivity index (χ2v) is 14.0. The molecule has 1 rings (SSSR count). The summed E-state index contributed by atoms with van der Waals surface area (Å²) < 4.78 is 0. The summed E-state index contributed by atoms with van der Waals surface area (Å²) in [7, 11) is 0. The van der Waals surface area contributed by atoms with Gasteiger partial charge in [-0.3, -0.25) is 38.7 Å². The van der Waals surface area contributed by atoms with Crippen LogP contribution in [0.2, 0.25) is 0 Å². The van der Waals surface area contributed by atoms with Crippen molar-refractivity contribution in [3.8, 4) is 0 Å². The predicted molar refractivity (Wildman–Crippen MR) is 199 cm³/mol. The number of amides is 2. The van der Waals surface area contributed by atoms with E-state index in [-0.39, 0.29) is 37.9 Å². The standard InChI is InChI=1S/C37H70N6O8/c1-2-3-4-5-6-7-8-9-10-11-12-13-14-15-16-17-33(44)38-19-20-39-34(45)18-21-40-22-24-41(30-35(46)47)26-28-43(32-37(50)51)29-27-42(25-23-40)31-36(48)49/h2-32H2,1H3,(H,38,44)(H,39,45)(H,46,47)(H,48,49)(H,50,51). The molecule has 0 unspecified atom stereocenters. The number of carboxylic acid groups (broad SMARTS) is 3. The monoisotopic (exact) mass is 727 g/mol. The quantitative estimate of drug-likeness (QED) is 0.0743. The number of carboxylic acids is 3. The zero-order valence-corrected chi connectivity index (χ0v) is 31.6. The van der Waals surface area contributed by atoms with E-state index in [1.165, 1.54) is 83.5 Å². The first-order valence-electron chi connectivity index (χ1n) is 19.7. The zero-order valence-electron chi connectivity index (χ0n) is 31.6. The number of unbranched alkanes of at least 4 members (excludes halogenated alkanes) is 14. The number of hydrogen-bond acceptors (Lipinski definition) is 9. The van der Waals surface area contributed by atoms with Gasteiger partial charge < -0.3 is 30.9 Å². The van der Waals surface area contributed by atoms with Crippen LogP contribution in [0.5, 0.6) is 0 Å². The Morgan fingerprint density at radius 1 is 0.431 bits per heavy atom. The van der Waals surface area contributed by atoms with Crippen molar-refractivity contribution in [3.05, 3.63) is 0 Å². The molecule has 0 aromatic rings. The maximum Gasteiger partial charge on any atom is 0.317 e. The maximum absolute atomic E-state index is 12.6. The van der Waals surface area contributed by atoms with Gasteiger partial charge in [-0.2, -0.15) is 0 Å². The Kier molecular flexibility index (Phi) is 27.9. The molecule has 0 aromatic carbocycles. The van der Waals surface area contributed by atoms with Crippen LogP contribution in [-0.4, -0.2) is 156 Å². The van der Waals surface area contributed by atoms with Gasteiger partial charge in [0.2, 0.25) is 11.8 Å². The van der Waals surface area contributed by atoms with E-state index in [0.717, 1.165) is 12.8 Å². The molecule has 2 amide bonds. The summed E-state index contributed by atoms with van der Waals surface area (Å²) >= 11 is 0. The fourth-order valence-electron chi connectivity index (χ4n) is 6.35. The van der Waals surface area contributed by atoms with Crippen molar-refractivity contribution >= 4 is 29.7 Å². The van der Waals surface area contributed by atoms with Gasteiger partial charge in [0.05, 0.1) is 19.6 Å². The molecule has 1 fully saturated rings.